The van der Waals surface area contributed by atoms with Gasteiger partial charge in [-0.1, -0.05) is 11.3 Å². The molecule has 0 bridgehead atoms. The molecule has 2 aromatic rings. The molecule has 27 heavy (non-hydrogen) atoms. The molecule has 9 heteroatoms. The molecule has 0 atom stereocenters. The molecule has 3 aliphatic rings. The number of thiazole rings is 1. The Labute approximate surface area is 167 Å². The van der Waals surface area contributed by atoms with E-state index >= 15 is 0 Å². The van der Waals surface area contributed by atoms with E-state index in [1.54, 1.807) is 11.3 Å². The van der Waals surface area contributed by atoms with E-state index in [0.29, 0.717) is 18.5 Å². The Hall–Kier alpha value is -1.06. The standard InChI is InChI=1S/C18H24ClN5O2S/c19-18-21-16(24-3-7-26-8-4-24)15-17(22-18)27-14(20-15)11-23-9-13(10-23)12-1-5-25-6-2-12/h12-13H,1-11H2. The maximum absolute atomic E-state index is 6.18. The van der Waals surface area contributed by atoms with Crippen LogP contribution in [0.4, 0.5) is 5.82 Å². The van der Waals surface area contributed by atoms with Crippen molar-refractivity contribution in [3.63, 3.8) is 0 Å². The maximum Gasteiger partial charge on any atom is 0.225 e. The van der Waals surface area contributed by atoms with Gasteiger partial charge in [-0.2, -0.15) is 4.98 Å². The van der Waals surface area contributed by atoms with Gasteiger partial charge in [0.1, 0.15) is 10.5 Å². The number of aromatic nitrogens is 3. The Morgan fingerprint density at radius 2 is 1.70 bits per heavy atom. The molecule has 146 valence electrons. The second-order valence-corrected chi connectivity index (χ2v) is 8.98. The van der Waals surface area contributed by atoms with Crippen molar-refractivity contribution < 1.29 is 9.47 Å². The second-order valence-electron chi connectivity index (χ2n) is 7.58. The summed E-state index contributed by atoms with van der Waals surface area (Å²) in [5.74, 6) is 2.50. The lowest BCUT2D eigenvalue weighted by Gasteiger charge is -2.44. The van der Waals surface area contributed by atoms with Gasteiger partial charge in [0, 0.05) is 39.4 Å². The van der Waals surface area contributed by atoms with E-state index in [-0.39, 0.29) is 0 Å². The summed E-state index contributed by atoms with van der Waals surface area (Å²) in [4.78, 5) is 19.3. The minimum absolute atomic E-state index is 0.294. The molecule has 0 spiro atoms. The van der Waals surface area contributed by atoms with Crippen LogP contribution in [0.15, 0.2) is 0 Å². The first-order valence-electron chi connectivity index (χ1n) is 9.72. The predicted molar refractivity (Wildman–Crippen MR) is 106 cm³/mol. The Balaban J connectivity index is 1.29. The Morgan fingerprint density at radius 3 is 2.48 bits per heavy atom. The third-order valence-electron chi connectivity index (χ3n) is 5.84. The molecule has 0 aliphatic carbocycles. The first-order chi connectivity index (χ1) is 13.3. The molecule has 3 saturated heterocycles. The van der Waals surface area contributed by atoms with Crippen LogP contribution in [0.2, 0.25) is 5.28 Å². The summed E-state index contributed by atoms with van der Waals surface area (Å²) in [6.07, 6.45) is 2.44. The number of nitrogens with zero attached hydrogens (tertiary/aromatic N) is 5. The van der Waals surface area contributed by atoms with Gasteiger partial charge < -0.3 is 14.4 Å². The molecule has 0 radical (unpaired) electrons. The van der Waals surface area contributed by atoms with Crippen LogP contribution >= 0.6 is 22.9 Å². The summed E-state index contributed by atoms with van der Waals surface area (Å²) in [5, 5.41) is 1.39. The molecule has 3 fully saturated rings. The predicted octanol–water partition coefficient (Wildman–Crippen LogP) is 2.43. The number of hydrogen-bond acceptors (Lipinski definition) is 8. The van der Waals surface area contributed by atoms with E-state index in [1.165, 1.54) is 25.9 Å². The van der Waals surface area contributed by atoms with Gasteiger partial charge in [0.25, 0.3) is 0 Å². The molecule has 7 nitrogen and oxygen atoms in total. The van der Waals surface area contributed by atoms with E-state index in [2.05, 4.69) is 19.8 Å². The quantitative estimate of drug-likeness (QED) is 0.718. The summed E-state index contributed by atoms with van der Waals surface area (Å²) < 4.78 is 10.9. The van der Waals surface area contributed by atoms with Crippen molar-refractivity contribution in [3.05, 3.63) is 10.3 Å². The Kier molecular flexibility index (Phi) is 5.17. The lowest BCUT2D eigenvalue weighted by Crippen LogP contribution is -2.50. The van der Waals surface area contributed by atoms with Crippen molar-refractivity contribution in [2.24, 2.45) is 11.8 Å². The first-order valence-corrected chi connectivity index (χ1v) is 10.9. The molecule has 0 amide bonds. The van der Waals surface area contributed by atoms with Crippen LogP contribution in [0.1, 0.15) is 17.8 Å². The number of fused-ring (bicyclic) bond motifs is 1. The fourth-order valence-electron chi connectivity index (χ4n) is 4.30. The van der Waals surface area contributed by atoms with Gasteiger partial charge >= 0.3 is 0 Å². The average Bonchev–Trinajstić information content (AvgIpc) is 3.07. The van der Waals surface area contributed by atoms with E-state index < -0.39 is 0 Å². The molecule has 2 aromatic heterocycles. The lowest BCUT2D eigenvalue weighted by atomic mass is 9.81. The van der Waals surface area contributed by atoms with Crippen LogP contribution in [0, 0.1) is 11.8 Å². The number of rotatable bonds is 4. The molecule has 0 aromatic carbocycles. The summed E-state index contributed by atoms with van der Waals surface area (Å²) in [7, 11) is 0. The van der Waals surface area contributed by atoms with Crippen LogP contribution in [-0.4, -0.2) is 72.5 Å². The molecule has 0 saturated carbocycles. The van der Waals surface area contributed by atoms with Crippen LogP contribution in [0.5, 0.6) is 0 Å². The summed E-state index contributed by atoms with van der Waals surface area (Å²) in [5.41, 5.74) is 0.878. The van der Waals surface area contributed by atoms with Crippen LogP contribution in [0.3, 0.4) is 0 Å². The first kappa shape index (κ1) is 18.0. The topological polar surface area (TPSA) is 63.6 Å². The van der Waals surface area contributed by atoms with Gasteiger partial charge in [0.05, 0.1) is 19.8 Å². The maximum atomic E-state index is 6.18. The third-order valence-corrected chi connectivity index (χ3v) is 6.95. The molecule has 5 heterocycles. The van der Waals surface area contributed by atoms with Gasteiger partial charge in [0.15, 0.2) is 10.6 Å². The number of hydrogen-bond donors (Lipinski definition) is 0. The average molecular weight is 410 g/mol. The highest BCUT2D eigenvalue weighted by atomic mass is 35.5. The summed E-state index contributed by atoms with van der Waals surface area (Å²) in [6.45, 7) is 8.14. The number of morpholine rings is 1. The van der Waals surface area contributed by atoms with Crippen molar-refractivity contribution in [3.8, 4) is 0 Å². The molecule has 3 aliphatic heterocycles. The largest absolute Gasteiger partial charge is 0.381 e. The van der Waals surface area contributed by atoms with Crippen molar-refractivity contribution in [2.75, 3.05) is 57.5 Å². The second kappa shape index (κ2) is 7.75. The number of ether oxygens (including phenoxy) is 2. The minimum atomic E-state index is 0.294. The van der Waals surface area contributed by atoms with E-state index in [1.807, 2.05) is 0 Å². The third kappa shape index (κ3) is 3.78. The monoisotopic (exact) mass is 409 g/mol. The van der Waals surface area contributed by atoms with Crippen LogP contribution in [-0.2, 0) is 16.0 Å². The number of halogens is 1. The van der Waals surface area contributed by atoms with Gasteiger partial charge in [-0.15, -0.1) is 0 Å². The molecule has 0 N–H and O–H groups in total. The van der Waals surface area contributed by atoms with Crippen molar-refractivity contribution in [2.45, 2.75) is 19.4 Å². The highest BCUT2D eigenvalue weighted by Crippen LogP contribution is 2.34. The number of likely N-dealkylation sites (tertiary alicyclic amines) is 1. The van der Waals surface area contributed by atoms with Crippen LogP contribution in [0.25, 0.3) is 10.3 Å². The zero-order valence-electron chi connectivity index (χ0n) is 15.3. The lowest BCUT2D eigenvalue weighted by molar-refractivity contribution is -0.0104. The fraction of sp³-hybridized carbons (Fsp3) is 0.722. The van der Waals surface area contributed by atoms with Crippen molar-refractivity contribution in [1.29, 1.82) is 0 Å². The zero-order valence-corrected chi connectivity index (χ0v) is 16.8. The van der Waals surface area contributed by atoms with E-state index in [0.717, 1.165) is 65.9 Å². The molecule has 5 rings (SSSR count). The molecular formula is C18H24ClN5O2S. The summed E-state index contributed by atoms with van der Waals surface area (Å²) >= 11 is 7.82. The van der Waals surface area contributed by atoms with E-state index in [9.17, 15) is 0 Å². The van der Waals surface area contributed by atoms with Gasteiger partial charge in [-0.3, -0.25) is 4.90 Å². The Bertz CT molecular complexity index is 800. The number of anilines is 1. The Morgan fingerprint density at radius 1 is 0.963 bits per heavy atom. The van der Waals surface area contributed by atoms with Gasteiger partial charge in [-0.25, -0.2) is 9.97 Å². The van der Waals surface area contributed by atoms with Gasteiger partial charge in [0.2, 0.25) is 5.28 Å². The summed E-state index contributed by atoms with van der Waals surface area (Å²) in [6, 6.07) is 0. The highest BCUT2D eigenvalue weighted by Gasteiger charge is 2.34. The molecule has 0 unspecified atom stereocenters. The SMILES string of the molecule is Clc1nc(N2CCOCC2)c2nc(CN3CC(C4CCOCC4)C3)sc2n1. The minimum Gasteiger partial charge on any atom is -0.381 e. The zero-order chi connectivity index (χ0) is 18.2. The normalized spacial score (nSPS) is 23.1. The smallest absolute Gasteiger partial charge is 0.225 e. The van der Waals surface area contributed by atoms with Crippen LogP contribution < -0.4 is 4.90 Å². The van der Waals surface area contributed by atoms with Crippen molar-refractivity contribution >= 4 is 39.1 Å². The highest BCUT2D eigenvalue weighted by molar-refractivity contribution is 7.18. The molecular weight excluding hydrogens is 386 g/mol. The van der Waals surface area contributed by atoms with E-state index in [4.69, 9.17) is 26.1 Å². The van der Waals surface area contributed by atoms with Crippen molar-refractivity contribution in [1.82, 2.24) is 19.9 Å². The fourth-order valence-corrected chi connectivity index (χ4v) is 5.49. The van der Waals surface area contributed by atoms with Gasteiger partial charge in [-0.05, 0) is 36.3 Å².